The fraction of sp³-hybridized carbons (Fsp3) is 0.250. The van der Waals surface area contributed by atoms with Crippen LogP contribution in [0.15, 0.2) is 84.9 Å². The lowest BCUT2D eigenvalue weighted by Crippen LogP contribution is -2.27. The molecule has 0 unspecified atom stereocenters. The predicted molar refractivity (Wildman–Crippen MR) is 144 cm³/mol. The number of hydrogen-bond donors (Lipinski definition) is 2. The average molecular weight is 481 g/mol. The van der Waals surface area contributed by atoms with Gasteiger partial charge in [0, 0.05) is 22.3 Å². The van der Waals surface area contributed by atoms with Crippen molar-refractivity contribution >= 4 is 0 Å². The molecule has 0 amide bonds. The first-order valence-electron chi connectivity index (χ1n) is 12.4. The number of aromatic hydroxyl groups is 2. The van der Waals surface area contributed by atoms with Crippen molar-refractivity contribution in [2.75, 3.05) is 0 Å². The van der Waals surface area contributed by atoms with E-state index in [2.05, 4.69) is 27.7 Å². The lowest BCUT2D eigenvalue weighted by atomic mass is 9.72. The topological polar surface area (TPSA) is 58.9 Å². The van der Waals surface area contributed by atoms with Crippen LogP contribution in [0.4, 0.5) is 0 Å². The molecule has 0 fully saturated rings. The standard InChI is InChI=1S/C32H32O4/c1-31(2)15-16-32(3,4)26-20-28(34)24(22-13-9-6-10-14-22)18-30(26)36-35-29-17-23(27(33)19-25(29)31)21-11-7-5-8-12-21/h5-14,17-20,33-34H,15-16H2,1-4H3. The molecule has 0 aliphatic carbocycles. The Morgan fingerprint density at radius 2 is 0.917 bits per heavy atom. The van der Waals surface area contributed by atoms with Gasteiger partial charge >= 0.3 is 0 Å². The van der Waals surface area contributed by atoms with Gasteiger partial charge in [-0.05, 0) is 59.1 Å². The highest BCUT2D eigenvalue weighted by molar-refractivity contribution is 5.74. The normalized spacial score (nSPS) is 16.1. The lowest BCUT2D eigenvalue weighted by molar-refractivity contribution is -0.103. The summed E-state index contributed by atoms with van der Waals surface area (Å²) < 4.78 is 0. The first-order valence-corrected chi connectivity index (χ1v) is 12.4. The van der Waals surface area contributed by atoms with Gasteiger partial charge in [0.05, 0.1) is 0 Å². The molecule has 184 valence electrons. The summed E-state index contributed by atoms with van der Waals surface area (Å²) in [6, 6.07) is 26.8. The van der Waals surface area contributed by atoms with Crippen LogP contribution in [-0.4, -0.2) is 10.2 Å². The van der Waals surface area contributed by atoms with Crippen molar-refractivity contribution in [2.45, 2.75) is 51.4 Å². The minimum Gasteiger partial charge on any atom is -0.507 e. The molecule has 4 nitrogen and oxygen atoms in total. The molecule has 1 aliphatic rings. The molecular formula is C32H32O4. The molecular weight excluding hydrogens is 448 g/mol. The Bertz CT molecular complexity index is 1280. The van der Waals surface area contributed by atoms with E-state index >= 15 is 0 Å². The van der Waals surface area contributed by atoms with E-state index in [-0.39, 0.29) is 22.3 Å². The third kappa shape index (κ3) is 4.39. The summed E-state index contributed by atoms with van der Waals surface area (Å²) in [5, 5.41) is 21.9. The van der Waals surface area contributed by atoms with Crippen LogP contribution in [0.25, 0.3) is 22.3 Å². The Hall–Kier alpha value is -3.92. The summed E-state index contributed by atoms with van der Waals surface area (Å²) in [6.45, 7) is 8.63. The Labute approximate surface area is 212 Å². The molecule has 0 aromatic heterocycles. The van der Waals surface area contributed by atoms with Crippen molar-refractivity contribution in [3.05, 3.63) is 96.1 Å². The number of benzene rings is 4. The number of phenolic OH excluding ortho intramolecular Hbond substituents is 2. The summed E-state index contributed by atoms with van der Waals surface area (Å²) in [5.41, 5.74) is 4.37. The highest BCUT2D eigenvalue weighted by Crippen LogP contribution is 2.48. The number of phenols is 2. The van der Waals surface area contributed by atoms with Crippen LogP contribution in [0.2, 0.25) is 0 Å². The smallest absolute Gasteiger partial charge is 0.183 e. The summed E-state index contributed by atoms with van der Waals surface area (Å²) >= 11 is 0. The van der Waals surface area contributed by atoms with Gasteiger partial charge in [0.15, 0.2) is 11.5 Å². The van der Waals surface area contributed by atoms with Crippen LogP contribution >= 0.6 is 0 Å². The van der Waals surface area contributed by atoms with Gasteiger partial charge in [-0.25, -0.2) is 0 Å². The number of rotatable bonds is 2. The van der Waals surface area contributed by atoms with Crippen LogP contribution in [0.5, 0.6) is 23.0 Å². The second-order valence-corrected chi connectivity index (χ2v) is 10.9. The van der Waals surface area contributed by atoms with E-state index in [0.717, 1.165) is 35.1 Å². The van der Waals surface area contributed by atoms with Crippen molar-refractivity contribution in [3.63, 3.8) is 0 Å². The molecule has 0 radical (unpaired) electrons. The van der Waals surface area contributed by atoms with E-state index in [9.17, 15) is 10.2 Å². The number of fused-ring (bicyclic) bond motifs is 2. The fourth-order valence-corrected chi connectivity index (χ4v) is 5.01. The zero-order chi connectivity index (χ0) is 25.5. The second kappa shape index (κ2) is 8.94. The van der Waals surface area contributed by atoms with E-state index in [0.29, 0.717) is 22.6 Å². The molecule has 0 bridgehead atoms. The maximum Gasteiger partial charge on any atom is 0.183 e. The van der Waals surface area contributed by atoms with E-state index in [4.69, 9.17) is 9.78 Å². The summed E-state index contributed by atoms with van der Waals surface area (Å²) in [4.78, 5) is 12.1. The Balaban J connectivity index is 1.65. The van der Waals surface area contributed by atoms with Crippen molar-refractivity contribution in [3.8, 4) is 45.3 Å². The highest BCUT2D eigenvalue weighted by atomic mass is 17.2. The van der Waals surface area contributed by atoms with Gasteiger partial charge in [0.1, 0.15) is 11.5 Å². The predicted octanol–water partition coefficient (Wildman–Crippen LogP) is 8.15. The third-order valence-corrected chi connectivity index (χ3v) is 7.42. The van der Waals surface area contributed by atoms with Crippen molar-refractivity contribution in [1.29, 1.82) is 0 Å². The van der Waals surface area contributed by atoms with Crippen molar-refractivity contribution in [1.82, 2.24) is 0 Å². The van der Waals surface area contributed by atoms with Crippen molar-refractivity contribution in [2.24, 2.45) is 0 Å². The molecule has 0 atom stereocenters. The first-order chi connectivity index (χ1) is 17.2. The maximum absolute atomic E-state index is 11.0. The van der Waals surface area contributed by atoms with Gasteiger partial charge < -0.3 is 10.2 Å². The third-order valence-electron chi connectivity index (χ3n) is 7.42. The van der Waals surface area contributed by atoms with E-state index in [1.54, 1.807) is 0 Å². The van der Waals surface area contributed by atoms with Crippen molar-refractivity contribution < 1.29 is 20.0 Å². The molecule has 1 aliphatic heterocycles. The van der Waals surface area contributed by atoms with Gasteiger partial charge in [-0.2, -0.15) is 0 Å². The molecule has 4 heteroatoms. The monoisotopic (exact) mass is 480 g/mol. The minimum atomic E-state index is -0.286. The van der Waals surface area contributed by atoms with Gasteiger partial charge in [-0.1, -0.05) is 88.4 Å². The Kier molecular flexibility index (Phi) is 5.91. The van der Waals surface area contributed by atoms with Gasteiger partial charge in [-0.3, -0.25) is 9.78 Å². The molecule has 2 N–H and O–H groups in total. The summed E-state index contributed by atoms with van der Waals surface area (Å²) in [6.07, 6.45) is 1.70. The Morgan fingerprint density at radius 1 is 0.556 bits per heavy atom. The second-order valence-electron chi connectivity index (χ2n) is 10.9. The molecule has 4 aromatic carbocycles. The highest BCUT2D eigenvalue weighted by Gasteiger charge is 2.34. The largest absolute Gasteiger partial charge is 0.507 e. The fourth-order valence-electron chi connectivity index (χ4n) is 5.01. The molecule has 4 aromatic rings. The number of hydrogen-bond acceptors (Lipinski definition) is 4. The molecule has 5 rings (SSSR count). The zero-order valence-corrected chi connectivity index (χ0v) is 21.2. The minimum absolute atomic E-state index is 0.213. The zero-order valence-electron chi connectivity index (χ0n) is 21.2. The molecule has 0 saturated carbocycles. The maximum atomic E-state index is 11.0. The first kappa shape index (κ1) is 23.8. The molecule has 1 heterocycles. The Morgan fingerprint density at radius 3 is 1.28 bits per heavy atom. The van der Waals surface area contributed by atoms with Crippen LogP contribution < -0.4 is 9.78 Å². The molecule has 0 saturated heterocycles. The molecule has 0 spiro atoms. The molecule has 36 heavy (non-hydrogen) atoms. The summed E-state index contributed by atoms with van der Waals surface area (Å²) in [5.74, 6) is 1.56. The average Bonchev–Trinajstić information content (AvgIpc) is 2.87. The van der Waals surface area contributed by atoms with Crippen LogP contribution in [0, 0.1) is 0 Å². The van der Waals surface area contributed by atoms with Crippen LogP contribution in [0.1, 0.15) is 51.7 Å². The van der Waals surface area contributed by atoms with Gasteiger partial charge in [0.2, 0.25) is 0 Å². The van der Waals surface area contributed by atoms with Crippen LogP contribution in [0.3, 0.4) is 0 Å². The van der Waals surface area contributed by atoms with E-state index < -0.39 is 0 Å². The van der Waals surface area contributed by atoms with E-state index in [1.165, 1.54) is 0 Å². The summed E-state index contributed by atoms with van der Waals surface area (Å²) in [7, 11) is 0. The SMILES string of the molecule is CC1(C)CCC(C)(C)c2cc(O)c(-c3ccccc3)cc2OOc2cc(-c3ccccc3)c(O)cc21. The van der Waals surface area contributed by atoms with Crippen LogP contribution in [-0.2, 0) is 10.8 Å². The quantitative estimate of drug-likeness (QED) is 0.284. The van der Waals surface area contributed by atoms with E-state index in [1.807, 2.05) is 84.9 Å². The van der Waals surface area contributed by atoms with Gasteiger partial charge in [-0.15, -0.1) is 0 Å². The van der Waals surface area contributed by atoms with Gasteiger partial charge in [0.25, 0.3) is 0 Å². The lowest BCUT2D eigenvalue weighted by Gasteiger charge is -2.35.